The lowest BCUT2D eigenvalue weighted by atomic mass is 10.1. The highest BCUT2D eigenvalue weighted by molar-refractivity contribution is 9.10. The molecule has 0 heterocycles. The fourth-order valence-electron chi connectivity index (χ4n) is 1.83. The summed E-state index contributed by atoms with van der Waals surface area (Å²) in [5.41, 5.74) is 0.194. The first kappa shape index (κ1) is 15.6. The number of halogens is 1. The summed E-state index contributed by atoms with van der Waals surface area (Å²) in [5, 5.41) is 13.7. The van der Waals surface area contributed by atoms with Gasteiger partial charge in [0.15, 0.2) is 0 Å². The molecule has 0 aliphatic rings. The lowest BCUT2D eigenvalue weighted by Crippen LogP contribution is -2.34. The van der Waals surface area contributed by atoms with E-state index in [0.29, 0.717) is 5.56 Å². The van der Waals surface area contributed by atoms with Crippen LogP contribution in [0.15, 0.2) is 22.7 Å². The summed E-state index contributed by atoms with van der Waals surface area (Å²) in [7, 11) is 0. The first-order chi connectivity index (χ1) is 9.01. The molecule has 0 fully saturated rings. The van der Waals surface area contributed by atoms with E-state index in [9.17, 15) is 14.9 Å². The van der Waals surface area contributed by atoms with Crippen molar-refractivity contribution in [2.24, 2.45) is 0 Å². The van der Waals surface area contributed by atoms with Crippen LogP contribution in [0.5, 0.6) is 0 Å². The maximum atomic E-state index is 12.1. The molecular weight excluding hydrogens is 312 g/mol. The van der Waals surface area contributed by atoms with E-state index in [1.54, 1.807) is 6.07 Å². The first-order valence-corrected chi connectivity index (χ1v) is 7.04. The number of benzene rings is 1. The average Bonchev–Trinajstić information content (AvgIpc) is 2.37. The number of nitro groups is 1. The summed E-state index contributed by atoms with van der Waals surface area (Å²) in [6.07, 6.45) is 2.72. The van der Waals surface area contributed by atoms with Gasteiger partial charge in [0.25, 0.3) is 11.6 Å². The van der Waals surface area contributed by atoms with Crippen molar-refractivity contribution < 1.29 is 9.72 Å². The molecular formula is C13H17BrN2O3. The molecule has 0 aliphatic carbocycles. The van der Waals surface area contributed by atoms with Crippen LogP contribution in [0.4, 0.5) is 5.69 Å². The molecule has 0 aliphatic heterocycles. The van der Waals surface area contributed by atoms with Gasteiger partial charge in [0.05, 0.1) is 10.5 Å². The number of nitrogens with one attached hydrogen (secondary N) is 1. The monoisotopic (exact) mass is 328 g/mol. The van der Waals surface area contributed by atoms with Crippen LogP contribution in [-0.4, -0.2) is 16.9 Å². The van der Waals surface area contributed by atoms with Crippen LogP contribution >= 0.6 is 15.9 Å². The minimum Gasteiger partial charge on any atom is -0.349 e. The highest BCUT2D eigenvalue weighted by atomic mass is 79.9. The molecule has 1 atom stereocenters. The van der Waals surface area contributed by atoms with Crippen molar-refractivity contribution in [3.63, 3.8) is 0 Å². The van der Waals surface area contributed by atoms with Crippen molar-refractivity contribution in [1.82, 2.24) is 5.32 Å². The molecule has 1 amide bonds. The van der Waals surface area contributed by atoms with Crippen molar-refractivity contribution in [1.29, 1.82) is 0 Å². The number of hydrogen-bond acceptors (Lipinski definition) is 3. The third kappa shape index (κ3) is 4.02. The number of hydrogen-bond donors (Lipinski definition) is 1. The zero-order valence-electron chi connectivity index (χ0n) is 11.0. The molecule has 0 aromatic heterocycles. The van der Waals surface area contributed by atoms with Gasteiger partial charge in [-0.05, 0) is 34.8 Å². The van der Waals surface area contributed by atoms with E-state index in [1.807, 2.05) is 6.92 Å². The molecule has 104 valence electrons. The summed E-state index contributed by atoms with van der Waals surface area (Å²) >= 11 is 3.13. The molecule has 1 aromatic rings. The van der Waals surface area contributed by atoms with Gasteiger partial charge in [-0.15, -0.1) is 0 Å². The molecule has 0 saturated carbocycles. The van der Waals surface area contributed by atoms with Crippen molar-refractivity contribution in [3.8, 4) is 0 Å². The van der Waals surface area contributed by atoms with E-state index >= 15 is 0 Å². The molecule has 0 spiro atoms. The Morgan fingerprint density at radius 1 is 1.47 bits per heavy atom. The number of amides is 1. The first-order valence-electron chi connectivity index (χ1n) is 6.25. The van der Waals surface area contributed by atoms with Crippen molar-refractivity contribution in [3.05, 3.63) is 38.3 Å². The summed E-state index contributed by atoms with van der Waals surface area (Å²) in [6, 6.07) is 4.55. The van der Waals surface area contributed by atoms with Gasteiger partial charge in [-0.2, -0.15) is 0 Å². The fraction of sp³-hybridized carbons (Fsp3) is 0.462. The highest BCUT2D eigenvalue weighted by Crippen LogP contribution is 2.28. The van der Waals surface area contributed by atoms with E-state index in [0.717, 1.165) is 19.3 Å². The van der Waals surface area contributed by atoms with Gasteiger partial charge < -0.3 is 5.32 Å². The molecule has 1 N–H and O–H groups in total. The summed E-state index contributed by atoms with van der Waals surface area (Å²) in [6.45, 7) is 4.06. The maximum absolute atomic E-state index is 12.1. The number of carbonyl (C=O) groups excluding carboxylic acids is 1. The zero-order valence-corrected chi connectivity index (χ0v) is 12.6. The Labute approximate surface area is 120 Å². The largest absolute Gasteiger partial charge is 0.349 e. The number of nitrogens with zero attached hydrogens (tertiary/aromatic N) is 1. The second-order valence-electron chi connectivity index (χ2n) is 4.26. The summed E-state index contributed by atoms with van der Waals surface area (Å²) < 4.78 is 0.226. The highest BCUT2D eigenvalue weighted by Gasteiger charge is 2.20. The number of rotatable bonds is 6. The number of nitro benzene ring substituents is 1. The zero-order chi connectivity index (χ0) is 14.4. The normalized spacial score (nSPS) is 11.9. The molecule has 0 radical (unpaired) electrons. The quantitative estimate of drug-likeness (QED) is 0.639. The lowest BCUT2D eigenvalue weighted by molar-refractivity contribution is -0.385. The standard InChI is InChI=1S/C13H17BrN2O3/c1-3-6-9(4-2)15-13(17)10-7-5-8-11(12(10)14)16(18)19/h5,7-9H,3-4,6H2,1-2H3,(H,15,17). The molecule has 0 bridgehead atoms. The van der Waals surface area contributed by atoms with Crippen molar-refractivity contribution in [2.45, 2.75) is 39.2 Å². The Hall–Kier alpha value is -1.43. The Morgan fingerprint density at radius 2 is 2.16 bits per heavy atom. The second-order valence-corrected chi connectivity index (χ2v) is 5.06. The van der Waals surface area contributed by atoms with Gasteiger partial charge in [0.2, 0.25) is 0 Å². The third-order valence-electron chi connectivity index (χ3n) is 2.88. The predicted molar refractivity (Wildman–Crippen MR) is 77.2 cm³/mol. The Kier molecular flexibility index (Phi) is 5.95. The van der Waals surface area contributed by atoms with Gasteiger partial charge in [0, 0.05) is 12.1 Å². The molecule has 0 saturated heterocycles. The predicted octanol–water partition coefficient (Wildman–Crippen LogP) is 3.67. The van der Waals surface area contributed by atoms with Gasteiger partial charge in [-0.3, -0.25) is 14.9 Å². The maximum Gasteiger partial charge on any atom is 0.284 e. The van der Waals surface area contributed by atoms with E-state index in [2.05, 4.69) is 28.2 Å². The Bertz CT molecular complexity index is 477. The Balaban J connectivity index is 2.94. The minimum absolute atomic E-state index is 0.101. The topological polar surface area (TPSA) is 72.2 Å². The van der Waals surface area contributed by atoms with Gasteiger partial charge in [-0.25, -0.2) is 0 Å². The van der Waals surface area contributed by atoms with Crippen LogP contribution in [0.2, 0.25) is 0 Å². The lowest BCUT2D eigenvalue weighted by Gasteiger charge is -2.16. The van der Waals surface area contributed by atoms with Gasteiger partial charge in [0.1, 0.15) is 4.47 Å². The van der Waals surface area contributed by atoms with Gasteiger partial charge >= 0.3 is 0 Å². The molecule has 1 unspecified atom stereocenters. The number of carbonyl (C=O) groups is 1. The van der Waals surface area contributed by atoms with Crippen LogP contribution in [-0.2, 0) is 0 Å². The molecule has 5 nitrogen and oxygen atoms in total. The van der Waals surface area contributed by atoms with Crippen LogP contribution in [0, 0.1) is 10.1 Å². The SMILES string of the molecule is CCCC(CC)NC(=O)c1cccc([N+](=O)[O-])c1Br. The van der Waals surface area contributed by atoms with Crippen LogP contribution in [0.3, 0.4) is 0 Å². The van der Waals surface area contributed by atoms with Gasteiger partial charge in [-0.1, -0.05) is 26.3 Å². The smallest absolute Gasteiger partial charge is 0.284 e. The average molecular weight is 329 g/mol. The molecule has 1 aromatic carbocycles. The summed E-state index contributed by atoms with van der Waals surface area (Å²) in [4.78, 5) is 22.4. The van der Waals surface area contributed by atoms with E-state index < -0.39 is 4.92 Å². The van der Waals surface area contributed by atoms with Crippen LogP contribution in [0.25, 0.3) is 0 Å². The molecule has 1 rings (SSSR count). The van der Waals surface area contributed by atoms with E-state index in [1.165, 1.54) is 12.1 Å². The minimum atomic E-state index is -0.510. The van der Waals surface area contributed by atoms with Crippen molar-refractivity contribution >= 4 is 27.5 Å². The summed E-state index contributed by atoms with van der Waals surface area (Å²) in [5.74, 6) is -0.282. The van der Waals surface area contributed by atoms with Crippen LogP contribution < -0.4 is 5.32 Å². The molecule has 19 heavy (non-hydrogen) atoms. The third-order valence-corrected chi connectivity index (χ3v) is 3.72. The van der Waals surface area contributed by atoms with Crippen LogP contribution in [0.1, 0.15) is 43.5 Å². The van der Waals surface area contributed by atoms with Crippen molar-refractivity contribution in [2.75, 3.05) is 0 Å². The van der Waals surface area contributed by atoms with E-state index in [-0.39, 0.29) is 22.1 Å². The fourth-order valence-corrected chi connectivity index (χ4v) is 2.42. The Morgan fingerprint density at radius 3 is 2.68 bits per heavy atom. The van der Waals surface area contributed by atoms with E-state index in [4.69, 9.17) is 0 Å². The molecule has 6 heteroatoms. The second kappa shape index (κ2) is 7.23.